The summed E-state index contributed by atoms with van der Waals surface area (Å²) in [7, 11) is 1.22. The van der Waals surface area contributed by atoms with E-state index in [1.165, 1.54) is 7.11 Å². The summed E-state index contributed by atoms with van der Waals surface area (Å²) in [5.41, 5.74) is -0.308. The summed E-state index contributed by atoms with van der Waals surface area (Å²) >= 11 is 0. The van der Waals surface area contributed by atoms with Gasteiger partial charge in [0.1, 0.15) is 17.9 Å². The van der Waals surface area contributed by atoms with E-state index in [0.29, 0.717) is 11.1 Å². The monoisotopic (exact) mass is 319 g/mol. The first-order valence-electron chi connectivity index (χ1n) is 7.00. The SMILES string of the molecule is COC(=O)CNC(=O)c1cc(=O)oc2cc(OC(C)C)ccc12. The number of benzene rings is 1. The maximum absolute atomic E-state index is 12.2. The molecule has 0 saturated heterocycles. The molecule has 1 aromatic heterocycles. The van der Waals surface area contributed by atoms with Crippen LogP contribution in [0.3, 0.4) is 0 Å². The topological polar surface area (TPSA) is 94.8 Å². The van der Waals surface area contributed by atoms with Crippen LogP contribution < -0.4 is 15.7 Å². The highest BCUT2D eigenvalue weighted by atomic mass is 16.5. The van der Waals surface area contributed by atoms with Crippen molar-refractivity contribution >= 4 is 22.8 Å². The van der Waals surface area contributed by atoms with Crippen molar-refractivity contribution in [2.75, 3.05) is 13.7 Å². The molecule has 2 rings (SSSR count). The lowest BCUT2D eigenvalue weighted by molar-refractivity contribution is -0.139. The second kappa shape index (κ2) is 6.95. The first-order chi connectivity index (χ1) is 10.9. The van der Waals surface area contributed by atoms with Crippen LogP contribution in [0.5, 0.6) is 5.75 Å². The molecule has 0 spiro atoms. The molecule has 0 atom stereocenters. The molecule has 0 bridgehead atoms. The minimum absolute atomic E-state index is 0.0364. The van der Waals surface area contributed by atoms with Crippen molar-refractivity contribution in [3.05, 3.63) is 40.2 Å². The lowest BCUT2D eigenvalue weighted by atomic mass is 10.1. The van der Waals surface area contributed by atoms with Gasteiger partial charge in [-0.1, -0.05) is 0 Å². The molecule has 1 heterocycles. The molecule has 0 aliphatic heterocycles. The molecule has 0 fully saturated rings. The molecule has 7 heteroatoms. The smallest absolute Gasteiger partial charge is 0.337 e. The number of esters is 1. The number of fused-ring (bicyclic) bond motifs is 1. The van der Waals surface area contributed by atoms with Crippen molar-refractivity contribution in [2.24, 2.45) is 0 Å². The number of ether oxygens (including phenoxy) is 2. The average molecular weight is 319 g/mol. The second-order valence-electron chi connectivity index (χ2n) is 5.06. The first-order valence-corrected chi connectivity index (χ1v) is 7.00. The van der Waals surface area contributed by atoms with E-state index >= 15 is 0 Å². The van der Waals surface area contributed by atoms with Crippen molar-refractivity contribution in [3.8, 4) is 5.75 Å². The van der Waals surface area contributed by atoms with Crippen LogP contribution >= 0.6 is 0 Å². The summed E-state index contributed by atoms with van der Waals surface area (Å²) in [5.74, 6) is -0.619. The van der Waals surface area contributed by atoms with E-state index in [1.807, 2.05) is 13.8 Å². The van der Waals surface area contributed by atoms with Gasteiger partial charge in [-0.15, -0.1) is 0 Å². The van der Waals surface area contributed by atoms with Crippen molar-refractivity contribution in [1.82, 2.24) is 5.32 Å². The number of hydrogen-bond acceptors (Lipinski definition) is 6. The molecule has 1 amide bonds. The van der Waals surface area contributed by atoms with Gasteiger partial charge >= 0.3 is 11.6 Å². The van der Waals surface area contributed by atoms with Gasteiger partial charge in [-0.2, -0.15) is 0 Å². The van der Waals surface area contributed by atoms with Crippen LogP contribution in [0.15, 0.2) is 33.5 Å². The summed E-state index contributed by atoms with van der Waals surface area (Å²) in [6.07, 6.45) is -0.0364. The highest BCUT2D eigenvalue weighted by molar-refractivity contribution is 6.06. The quantitative estimate of drug-likeness (QED) is 0.662. The van der Waals surface area contributed by atoms with Crippen LogP contribution in [0.2, 0.25) is 0 Å². The van der Waals surface area contributed by atoms with Gasteiger partial charge < -0.3 is 19.2 Å². The predicted octanol–water partition coefficient (Wildman–Crippen LogP) is 1.48. The number of amides is 1. The van der Waals surface area contributed by atoms with E-state index in [1.54, 1.807) is 18.2 Å². The van der Waals surface area contributed by atoms with E-state index in [-0.39, 0.29) is 23.8 Å². The largest absolute Gasteiger partial charge is 0.491 e. The summed E-state index contributed by atoms with van der Waals surface area (Å²) < 4.78 is 15.1. The molecule has 2 aromatic rings. The minimum Gasteiger partial charge on any atom is -0.491 e. The van der Waals surface area contributed by atoms with Gasteiger partial charge in [-0.05, 0) is 26.0 Å². The lowest BCUT2D eigenvalue weighted by Crippen LogP contribution is -2.30. The normalized spacial score (nSPS) is 10.6. The van der Waals surface area contributed by atoms with Gasteiger partial charge in [0.25, 0.3) is 5.91 Å². The van der Waals surface area contributed by atoms with E-state index in [9.17, 15) is 14.4 Å². The number of rotatable bonds is 5. The maximum atomic E-state index is 12.2. The molecule has 0 aliphatic carbocycles. The predicted molar refractivity (Wildman–Crippen MR) is 82.6 cm³/mol. The Kier molecular flexibility index (Phi) is 5.00. The van der Waals surface area contributed by atoms with E-state index in [4.69, 9.17) is 9.15 Å². The standard InChI is InChI=1S/C16H17NO6/c1-9(2)22-10-4-5-11-12(7-14(18)23-13(11)6-10)16(20)17-8-15(19)21-3/h4-7,9H,8H2,1-3H3,(H,17,20). The van der Waals surface area contributed by atoms with Gasteiger partial charge in [0.05, 0.1) is 18.8 Å². The zero-order valence-electron chi connectivity index (χ0n) is 13.0. The number of hydrogen-bond donors (Lipinski definition) is 1. The lowest BCUT2D eigenvalue weighted by Gasteiger charge is -2.11. The van der Waals surface area contributed by atoms with Crippen LogP contribution in [-0.2, 0) is 9.53 Å². The van der Waals surface area contributed by atoms with Crippen molar-refractivity contribution < 1.29 is 23.5 Å². The van der Waals surface area contributed by atoms with Crippen molar-refractivity contribution in [1.29, 1.82) is 0 Å². The summed E-state index contributed by atoms with van der Waals surface area (Å²) in [5, 5.41) is 2.84. The molecule has 0 radical (unpaired) electrons. The Morgan fingerprint density at radius 2 is 2.00 bits per heavy atom. The zero-order chi connectivity index (χ0) is 17.0. The third kappa shape index (κ3) is 4.09. The van der Waals surface area contributed by atoms with Gasteiger partial charge in [0, 0.05) is 17.5 Å². The molecular weight excluding hydrogens is 302 g/mol. The molecule has 7 nitrogen and oxygen atoms in total. The summed E-state index contributed by atoms with van der Waals surface area (Å²) in [6, 6.07) is 5.94. The molecule has 1 aromatic carbocycles. The number of nitrogens with one attached hydrogen (secondary N) is 1. The Labute approximate surface area is 132 Å². The molecule has 122 valence electrons. The number of methoxy groups -OCH3 is 1. The van der Waals surface area contributed by atoms with Gasteiger partial charge in [0.2, 0.25) is 0 Å². The maximum Gasteiger partial charge on any atom is 0.337 e. The van der Waals surface area contributed by atoms with Gasteiger partial charge in [-0.3, -0.25) is 9.59 Å². The molecule has 0 aliphatic rings. The zero-order valence-corrected chi connectivity index (χ0v) is 13.0. The Balaban J connectivity index is 2.38. The Morgan fingerprint density at radius 1 is 1.26 bits per heavy atom. The molecule has 0 saturated carbocycles. The van der Waals surface area contributed by atoms with Crippen LogP contribution in [-0.4, -0.2) is 31.6 Å². The van der Waals surface area contributed by atoms with Crippen molar-refractivity contribution in [3.63, 3.8) is 0 Å². The Hall–Kier alpha value is -2.83. The number of carbonyl (C=O) groups is 2. The third-order valence-corrected chi connectivity index (χ3v) is 2.95. The molecule has 0 unspecified atom stereocenters. The Bertz CT molecular complexity index is 793. The molecule has 1 N–H and O–H groups in total. The fraction of sp³-hybridized carbons (Fsp3) is 0.312. The first kappa shape index (κ1) is 16.5. The van der Waals surface area contributed by atoms with Crippen LogP contribution in [0.1, 0.15) is 24.2 Å². The molecule has 23 heavy (non-hydrogen) atoms. The van der Waals surface area contributed by atoms with Crippen LogP contribution in [0.4, 0.5) is 0 Å². The fourth-order valence-corrected chi connectivity index (χ4v) is 2.00. The van der Waals surface area contributed by atoms with Crippen molar-refractivity contribution in [2.45, 2.75) is 20.0 Å². The fourth-order valence-electron chi connectivity index (χ4n) is 2.00. The van der Waals surface area contributed by atoms with Crippen LogP contribution in [0, 0.1) is 0 Å². The highest BCUT2D eigenvalue weighted by Crippen LogP contribution is 2.23. The van der Waals surface area contributed by atoms with Gasteiger partial charge in [0.15, 0.2) is 0 Å². The minimum atomic E-state index is -0.664. The highest BCUT2D eigenvalue weighted by Gasteiger charge is 2.15. The Morgan fingerprint density at radius 3 is 2.65 bits per heavy atom. The number of carbonyl (C=O) groups excluding carboxylic acids is 2. The third-order valence-electron chi connectivity index (χ3n) is 2.95. The van der Waals surface area contributed by atoms with E-state index < -0.39 is 17.5 Å². The van der Waals surface area contributed by atoms with Crippen LogP contribution in [0.25, 0.3) is 11.0 Å². The second-order valence-corrected chi connectivity index (χ2v) is 5.06. The van der Waals surface area contributed by atoms with E-state index in [0.717, 1.165) is 6.07 Å². The summed E-state index contributed by atoms with van der Waals surface area (Å²) in [4.78, 5) is 34.9. The van der Waals surface area contributed by atoms with E-state index in [2.05, 4.69) is 10.1 Å². The average Bonchev–Trinajstić information content (AvgIpc) is 2.50. The summed E-state index contributed by atoms with van der Waals surface area (Å²) in [6.45, 7) is 3.46. The molecular formula is C16H17NO6. The van der Waals surface area contributed by atoms with Gasteiger partial charge in [-0.25, -0.2) is 4.79 Å².